The molecule has 0 atom stereocenters. The number of halogens is 1. The molecule has 1 saturated heterocycles. The molecule has 1 aliphatic heterocycles. The van der Waals surface area contributed by atoms with E-state index in [1.54, 1.807) is 12.1 Å². The molecule has 6 nitrogen and oxygen atoms in total. The second-order valence-corrected chi connectivity index (χ2v) is 5.64. The molecule has 0 unspecified atom stereocenters. The highest BCUT2D eigenvalue weighted by atomic mass is 79.9. The molecule has 0 bridgehead atoms. The molecule has 2 rings (SSSR count). The van der Waals surface area contributed by atoms with Crippen molar-refractivity contribution in [3.05, 3.63) is 38.3 Å². The Hall–Kier alpha value is -1.47. The van der Waals surface area contributed by atoms with Gasteiger partial charge in [0.1, 0.15) is 0 Å². The summed E-state index contributed by atoms with van der Waals surface area (Å²) in [5, 5.41) is 13.9. The maximum Gasteiger partial charge on any atom is 0.273 e. The number of nitrogens with zero attached hydrogens (tertiary/aromatic N) is 2. The summed E-state index contributed by atoms with van der Waals surface area (Å²) in [5.41, 5.74) is 0.632. The van der Waals surface area contributed by atoms with Crippen LogP contribution in [0, 0.1) is 10.1 Å². The first-order valence-corrected chi connectivity index (χ1v) is 7.28. The van der Waals surface area contributed by atoms with Crippen LogP contribution in [-0.2, 0) is 11.3 Å². The van der Waals surface area contributed by atoms with E-state index in [1.165, 1.54) is 6.07 Å². The summed E-state index contributed by atoms with van der Waals surface area (Å²) in [5.74, 6) is 0.0557. The van der Waals surface area contributed by atoms with Gasteiger partial charge in [0.15, 0.2) is 0 Å². The summed E-state index contributed by atoms with van der Waals surface area (Å²) in [6, 6.07) is 4.80. The molecule has 7 heteroatoms. The molecular weight excluding hydrogens is 326 g/mol. The Morgan fingerprint density at radius 3 is 2.75 bits per heavy atom. The molecule has 1 heterocycles. The van der Waals surface area contributed by atoms with Crippen LogP contribution in [0.4, 0.5) is 5.69 Å². The summed E-state index contributed by atoms with van der Waals surface area (Å²) in [6.45, 7) is 2.15. The van der Waals surface area contributed by atoms with Crippen molar-refractivity contribution in [2.24, 2.45) is 0 Å². The van der Waals surface area contributed by atoms with Crippen LogP contribution in [0.3, 0.4) is 0 Å². The van der Waals surface area contributed by atoms with E-state index >= 15 is 0 Å². The Balaban J connectivity index is 1.91. The van der Waals surface area contributed by atoms with Gasteiger partial charge in [0, 0.05) is 35.7 Å². The first-order chi connectivity index (χ1) is 9.58. The van der Waals surface area contributed by atoms with Gasteiger partial charge in [-0.15, -0.1) is 0 Å². The molecule has 0 radical (unpaired) electrons. The van der Waals surface area contributed by atoms with Gasteiger partial charge in [0.2, 0.25) is 5.91 Å². The lowest BCUT2D eigenvalue weighted by atomic mass is 10.2. The van der Waals surface area contributed by atoms with Gasteiger partial charge in [-0.3, -0.25) is 14.9 Å². The molecule has 1 fully saturated rings. The summed E-state index contributed by atoms with van der Waals surface area (Å²) >= 11 is 3.29. The highest BCUT2D eigenvalue weighted by Crippen LogP contribution is 2.22. The minimum absolute atomic E-state index is 0.0557. The van der Waals surface area contributed by atoms with Crippen LogP contribution in [0.5, 0.6) is 0 Å². The Kier molecular flexibility index (Phi) is 5.08. The van der Waals surface area contributed by atoms with Gasteiger partial charge in [0.05, 0.1) is 11.5 Å². The van der Waals surface area contributed by atoms with Crippen LogP contribution >= 0.6 is 15.9 Å². The third-order valence-electron chi connectivity index (χ3n) is 3.29. The lowest BCUT2D eigenvalue weighted by Gasteiger charge is -2.15. The number of rotatable bonds is 5. The third kappa shape index (κ3) is 3.77. The van der Waals surface area contributed by atoms with E-state index in [1.807, 2.05) is 4.90 Å². The van der Waals surface area contributed by atoms with Crippen molar-refractivity contribution >= 4 is 27.5 Å². The van der Waals surface area contributed by atoms with Gasteiger partial charge in [-0.2, -0.15) is 0 Å². The predicted molar refractivity (Wildman–Crippen MR) is 78.3 cm³/mol. The number of likely N-dealkylation sites (tertiary alicyclic amines) is 1. The Morgan fingerprint density at radius 1 is 1.40 bits per heavy atom. The first kappa shape index (κ1) is 14.9. The molecule has 1 amide bonds. The largest absolute Gasteiger partial charge is 0.342 e. The van der Waals surface area contributed by atoms with Crippen molar-refractivity contribution < 1.29 is 9.72 Å². The number of hydrogen-bond donors (Lipinski definition) is 1. The molecule has 0 spiro atoms. The third-order valence-corrected chi connectivity index (χ3v) is 3.78. The molecule has 0 aromatic heterocycles. The second kappa shape index (κ2) is 6.81. The van der Waals surface area contributed by atoms with Crippen LogP contribution in [0.15, 0.2) is 22.7 Å². The van der Waals surface area contributed by atoms with E-state index in [0.29, 0.717) is 12.1 Å². The zero-order chi connectivity index (χ0) is 14.5. The van der Waals surface area contributed by atoms with Crippen molar-refractivity contribution in [2.45, 2.75) is 19.4 Å². The van der Waals surface area contributed by atoms with Gasteiger partial charge >= 0.3 is 0 Å². The van der Waals surface area contributed by atoms with Gasteiger partial charge in [-0.1, -0.05) is 15.9 Å². The molecule has 0 saturated carbocycles. The molecule has 1 aromatic carbocycles. The van der Waals surface area contributed by atoms with E-state index in [2.05, 4.69) is 21.2 Å². The predicted octanol–water partition coefficient (Wildman–Crippen LogP) is 2.07. The minimum Gasteiger partial charge on any atom is -0.342 e. The summed E-state index contributed by atoms with van der Waals surface area (Å²) in [4.78, 5) is 24.2. The van der Waals surface area contributed by atoms with Crippen molar-refractivity contribution in [3.63, 3.8) is 0 Å². The van der Waals surface area contributed by atoms with Crippen LogP contribution < -0.4 is 5.32 Å². The molecule has 1 aliphatic rings. The van der Waals surface area contributed by atoms with E-state index < -0.39 is 4.92 Å². The minimum atomic E-state index is -0.411. The number of benzene rings is 1. The summed E-state index contributed by atoms with van der Waals surface area (Å²) in [7, 11) is 0. The van der Waals surface area contributed by atoms with Crippen LogP contribution in [0.25, 0.3) is 0 Å². The zero-order valence-electron chi connectivity index (χ0n) is 11.0. The van der Waals surface area contributed by atoms with Crippen LogP contribution in [-0.4, -0.2) is 35.4 Å². The molecule has 0 aliphatic carbocycles. The average Bonchev–Trinajstić information content (AvgIpc) is 2.92. The molecule has 108 valence electrons. The van der Waals surface area contributed by atoms with Gasteiger partial charge < -0.3 is 10.2 Å². The summed E-state index contributed by atoms with van der Waals surface area (Å²) < 4.78 is 0.783. The van der Waals surface area contributed by atoms with Gasteiger partial charge in [-0.25, -0.2) is 0 Å². The number of hydrogen-bond acceptors (Lipinski definition) is 4. The van der Waals surface area contributed by atoms with Gasteiger partial charge in [-0.05, 0) is 25.0 Å². The Labute approximate surface area is 125 Å². The standard InChI is InChI=1S/C13H16BrN3O3/c14-11-3-4-12(17(19)20)10(7-11)8-15-9-13(18)16-5-1-2-6-16/h3-4,7,15H,1-2,5-6,8-9H2. The number of amides is 1. The van der Waals surface area contributed by atoms with Gasteiger partial charge in [0.25, 0.3) is 5.69 Å². The maximum atomic E-state index is 11.8. The monoisotopic (exact) mass is 341 g/mol. The second-order valence-electron chi connectivity index (χ2n) is 4.72. The average molecular weight is 342 g/mol. The fourth-order valence-corrected chi connectivity index (χ4v) is 2.66. The van der Waals surface area contributed by atoms with Crippen molar-refractivity contribution in [3.8, 4) is 0 Å². The quantitative estimate of drug-likeness (QED) is 0.657. The van der Waals surface area contributed by atoms with Crippen molar-refractivity contribution in [2.75, 3.05) is 19.6 Å². The molecule has 20 heavy (non-hydrogen) atoms. The molecule has 1 N–H and O–H groups in total. The number of nitrogens with one attached hydrogen (secondary N) is 1. The zero-order valence-corrected chi connectivity index (χ0v) is 12.6. The lowest BCUT2D eigenvalue weighted by Crippen LogP contribution is -2.36. The van der Waals surface area contributed by atoms with Crippen molar-refractivity contribution in [1.29, 1.82) is 0 Å². The van der Waals surface area contributed by atoms with E-state index in [-0.39, 0.29) is 18.1 Å². The van der Waals surface area contributed by atoms with E-state index in [4.69, 9.17) is 0 Å². The number of carbonyl (C=O) groups excluding carboxylic acids is 1. The Bertz CT molecular complexity index is 516. The lowest BCUT2D eigenvalue weighted by molar-refractivity contribution is -0.385. The molecular formula is C13H16BrN3O3. The van der Waals surface area contributed by atoms with E-state index in [9.17, 15) is 14.9 Å². The number of carbonyl (C=O) groups is 1. The topological polar surface area (TPSA) is 75.5 Å². The fourth-order valence-electron chi connectivity index (χ4n) is 2.26. The highest BCUT2D eigenvalue weighted by Gasteiger charge is 2.18. The molecule has 1 aromatic rings. The smallest absolute Gasteiger partial charge is 0.273 e. The maximum absolute atomic E-state index is 11.8. The number of nitro groups is 1. The van der Waals surface area contributed by atoms with Crippen LogP contribution in [0.1, 0.15) is 18.4 Å². The summed E-state index contributed by atoms with van der Waals surface area (Å²) in [6.07, 6.45) is 2.12. The van der Waals surface area contributed by atoms with Crippen molar-refractivity contribution in [1.82, 2.24) is 10.2 Å². The van der Waals surface area contributed by atoms with Crippen LogP contribution in [0.2, 0.25) is 0 Å². The highest BCUT2D eigenvalue weighted by molar-refractivity contribution is 9.10. The fraction of sp³-hybridized carbons (Fsp3) is 0.462. The normalized spacial score (nSPS) is 14.6. The first-order valence-electron chi connectivity index (χ1n) is 6.49. The van der Waals surface area contributed by atoms with E-state index in [0.717, 1.165) is 30.4 Å². The Morgan fingerprint density at radius 2 is 2.10 bits per heavy atom. The SMILES string of the molecule is O=C(CNCc1cc(Br)ccc1[N+](=O)[O-])N1CCCC1. The number of nitro benzene ring substituents is 1.